The van der Waals surface area contributed by atoms with Gasteiger partial charge in [-0.15, -0.1) is 0 Å². The summed E-state index contributed by atoms with van der Waals surface area (Å²) in [6, 6.07) is 0. The van der Waals surface area contributed by atoms with Gasteiger partial charge in [0.2, 0.25) is 0 Å². The number of hydrogen-bond acceptors (Lipinski definition) is 14. The number of rotatable bonds is 40. The summed E-state index contributed by atoms with van der Waals surface area (Å²) in [5.41, 5.74) is 0. The zero-order chi connectivity index (χ0) is 48.1. The molecule has 16 heteroatoms. The van der Waals surface area contributed by atoms with Crippen LogP contribution in [0.25, 0.3) is 0 Å². The third-order valence-electron chi connectivity index (χ3n) is 11.3. The van der Waals surface area contributed by atoms with Crippen molar-refractivity contribution >= 4 is 19.8 Å². The predicted molar refractivity (Wildman–Crippen MR) is 251 cm³/mol. The Labute approximate surface area is 389 Å². The van der Waals surface area contributed by atoms with Crippen LogP contribution in [0.15, 0.2) is 48.6 Å². The Kier molecular flexibility index (Phi) is 36.1. The molecule has 0 aromatic rings. The van der Waals surface area contributed by atoms with Gasteiger partial charge in [-0.05, 0) is 77.0 Å². The summed E-state index contributed by atoms with van der Waals surface area (Å²) in [7, 11) is -5.19. The lowest BCUT2D eigenvalue weighted by molar-refractivity contribution is -0.220. The Morgan fingerprint density at radius 1 is 0.538 bits per heavy atom. The fraction of sp³-hybridized carbons (Fsp3) is 0.796. The first-order valence-electron chi connectivity index (χ1n) is 24.6. The average Bonchev–Trinajstić information content (AvgIpc) is 3.28. The van der Waals surface area contributed by atoms with Gasteiger partial charge in [-0.3, -0.25) is 18.6 Å². The van der Waals surface area contributed by atoms with Gasteiger partial charge in [0.05, 0.1) is 18.8 Å². The van der Waals surface area contributed by atoms with Crippen molar-refractivity contribution in [3.8, 4) is 0 Å². The van der Waals surface area contributed by atoms with Crippen molar-refractivity contribution in [2.45, 2.75) is 236 Å². The Balaban J connectivity index is 2.54. The number of esters is 2. The number of hydrogen-bond donors (Lipinski definition) is 8. The van der Waals surface area contributed by atoms with Gasteiger partial charge in [-0.1, -0.05) is 140 Å². The molecule has 0 aromatic heterocycles. The molecular weight excluding hydrogens is 859 g/mol. The van der Waals surface area contributed by atoms with Crippen LogP contribution >= 0.6 is 7.82 Å². The van der Waals surface area contributed by atoms with Crippen LogP contribution in [0.5, 0.6) is 0 Å². The van der Waals surface area contributed by atoms with E-state index < -0.39 is 87.9 Å². The molecule has 0 radical (unpaired) electrons. The number of aliphatic hydroxyl groups excluding tert-OH is 7. The van der Waals surface area contributed by atoms with Crippen molar-refractivity contribution < 1.29 is 73.3 Å². The van der Waals surface area contributed by atoms with Crippen LogP contribution in [-0.2, 0) is 32.7 Å². The molecule has 5 unspecified atom stereocenters. The molecule has 0 heterocycles. The maximum absolute atomic E-state index is 12.8. The number of phosphoric acid groups is 1. The first kappa shape index (κ1) is 60.7. The lowest BCUT2D eigenvalue weighted by Crippen LogP contribution is -2.64. The van der Waals surface area contributed by atoms with E-state index in [0.717, 1.165) is 64.2 Å². The molecule has 65 heavy (non-hydrogen) atoms. The van der Waals surface area contributed by atoms with E-state index in [1.807, 2.05) is 12.2 Å². The maximum atomic E-state index is 12.8. The Hall–Kier alpha value is -2.27. The quantitative estimate of drug-likeness (QED) is 0.0126. The second-order valence-electron chi connectivity index (χ2n) is 17.3. The van der Waals surface area contributed by atoms with Gasteiger partial charge in [-0.25, -0.2) is 4.57 Å². The minimum absolute atomic E-state index is 0.0304. The molecule has 0 aromatic carbocycles. The summed E-state index contributed by atoms with van der Waals surface area (Å²) < 4.78 is 33.4. The molecule has 0 aliphatic heterocycles. The number of ether oxygens (including phenoxy) is 2. The highest BCUT2D eigenvalue weighted by Crippen LogP contribution is 2.47. The highest BCUT2D eigenvalue weighted by molar-refractivity contribution is 7.47. The first-order chi connectivity index (χ1) is 31.2. The van der Waals surface area contributed by atoms with Crippen molar-refractivity contribution in [2.24, 2.45) is 0 Å². The van der Waals surface area contributed by atoms with Gasteiger partial charge in [0, 0.05) is 12.8 Å². The van der Waals surface area contributed by atoms with Gasteiger partial charge < -0.3 is 50.1 Å². The molecule has 0 saturated heterocycles. The van der Waals surface area contributed by atoms with Gasteiger partial charge in [-0.2, -0.15) is 0 Å². The molecule has 1 aliphatic rings. The Morgan fingerprint density at radius 2 is 0.985 bits per heavy atom. The third-order valence-corrected chi connectivity index (χ3v) is 12.3. The number of allylic oxidation sites excluding steroid dienone is 7. The third kappa shape index (κ3) is 30.7. The number of phosphoric ester groups is 1. The van der Waals surface area contributed by atoms with Crippen molar-refractivity contribution in [2.75, 3.05) is 13.2 Å². The minimum atomic E-state index is -5.19. The number of carbonyl (C=O) groups excluding carboxylic acids is 2. The zero-order valence-corrected chi connectivity index (χ0v) is 40.4. The standard InChI is InChI=1S/C49H87O15P/c1-3-5-7-9-11-13-15-17-18-19-20-21-23-25-27-29-31-35-43(53)63-39(38-62-65(59,60)64-49-47(57)45(55)44(54)46(56)48(49)58)37-61-42(52)36-32-34-41(51)40(50)33-30-28-26-24-22-16-14-12-10-8-6-4-2/h12,14,17-18,22,24,28,30,39-41,44-51,54-58H,3-11,13,15-16,19-21,23,25-27,29,31-38H2,1-2H3,(H,59,60)/b14-12-,18-17-,24-22-,30-28-/t39-,40?,41?,44?,45-,46+,47-,48-,49?/m1/s1. The molecule has 10 atom stereocenters. The van der Waals surface area contributed by atoms with E-state index in [0.29, 0.717) is 12.8 Å². The summed E-state index contributed by atoms with van der Waals surface area (Å²) in [5, 5.41) is 71.0. The SMILES string of the molecule is CCCCC/C=C\C/C=C\C/C=C\CC(O)C(O)CCCC(=O)OC[C@H](COP(=O)(O)OC1[C@H](O)[C@H](O)C(O)[C@H](O)[C@H]1O)OC(=O)CCCCCCCCC/C=C\CCCCCCCC. The molecule has 1 fully saturated rings. The zero-order valence-electron chi connectivity index (χ0n) is 39.5. The van der Waals surface area contributed by atoms with Crippen molar-refractivity contribution in [1.29, 1.82) is 0 Å². The molecule has 378 valence electrons. The van der Waals surface area contributed by atoms with E-state index >= 15 is 0 Å². The lowest BCUT2D eigenvalue weighted by Gasteiger charge is -2.41. The fourth-order valence-electron chi connectivity index (χ4n) is 7.21. The Bertz CT molecular complexity index is 1360. The van der Waals surface area contributed by atoms with Crippen LogP contribution in [0.2, 0.25) is 0 Å². The summed E-state index contributed by atoms with van der Waals surface area (Å²) in [6.45, 7) is 3.02. The van der Waals surface area contributed by atoms with E-state index in [4.69, 9.17) is 18.5 Å². The Morgan fingerprint density at radius 3 is 1.57 bits per heavy atom. The average molecular weight is 947 g/mol. The van der Waals surface area contributed by atoms with E-state index in [-0.39, 0.29) is 32.1 Å². The summed E-state index contributed by atoms with van der Waals surface area (Å²) in [4.78, 5) is 35.8. The molecule has 15 nitrogen and oxygen atoms in total. The molecule has 1 saturated carbocycles. The van der Waals surface area contributed by atoms with Gasteiger partial charge in [0.15, 0.2) is 6.10 Å². The fourth-order valence-corrected chi connectivity index (χ4v) is 8.18. The van der Waals surface area contributed by atoms with Gasteiger partial charge >= 0.3 is 19.8 Å². The van der Waals surface area contributed by atoms with Gasteiger partial charge in [0.25, 0.3) is 0 Å². The van der Waals surface area contributed by atoms with Crippen LogP contribution < -0.4 is 0 Å². The first-order valence-corrected chi connectivity index (χ1v) is 26.1. The molecule has 0 bridgehead atoms. The minimum Gasteiger partial charge on any atom is -0.462 e. The van der Waals surface area contributed by atoms with E-state index in [1.54, 1.807) is 6.08 Å². The smallest absolute Gasteiger partial charge is 0.462 e. The van der Waals surface area contributed by atoms with Crippen LogP contribution in [-0.4, -0.2) is 121 Å². The topological polar surface area (TPSA) is 250 Å². The van der Waals surface area contributed by atoms with Crippen LogP contribution in [0.3, 0.4) is 0 Å². The van der Waals surface area contributed by atoms with Crippen LogP contribution in [0.1, 0.15) is 181 Å². The summed E-state index contributed by atoms with van der Waals surface area (Å²) >= 11 is 0. The molecule has 8 N–H and O–H groups in total. The monoisotopic (exact) mass is 947 g/mol. The number of unbranched alkanes of at least 4 members (excludes halogenated alkanes) is 16. The van der Waals surface area contributed by atoms with E-state index in [1.165, 1.54) is 57.8 Å². The van der Waals surface area contributed by atoms with Crippen molar-refractivity contribution in [3.63, 3.8) is 0 Å². The highest BCUT2D eigenvalue weighted by Gasteiger charge is 2.51. The molecular formula is C49H87O15P. The largest absolute Gasteiger partial charge is 0.472 e. The number of aliphatic hydroxyl groups is 7. The van der Waals surface area contributed by atoms with Crippen molar-refractivity contribution in [1.82, 2.24) is 0 Å². The lowest BCUT2D eigenvalue weighted by atomic mass is 9.85. The summed E-state index contributed by atoms with van der Waals surface area (Å²) in [5.74, 6) is -1.39. The van der Waals surface area contributed by atoms with Crippen LogP contribution in [0, 0.1) is 0 Å². The molecule has 1 rings (SSSR count). The summed E-state index contributed by atoms with van der Waals surface area (Å²) in [6.07, 6.45) is 24.5. The second kappa shape index (κ2) is 38.7. The maximum Gasteiger partial charge on any atom is 0.472 e. The van der Waals surface area contributed by atoms with Crippen LogP contribution in [0.4, 0.5) is 0 Å². The van der Waals surface area contributed by atoms with E-state index in [2.05, 4.69) is 44.2 Å². The van der Waals surface area contributed by atoms with Gasteiger partial charge in [0.1, 0.15) is 43.2 Å². The number of carbonyl (C=O) groups is 2. The molecule has 0 spiro atoms. The van der Waals surface area contributed by atoms with E-state index in [9.17, 15) is 54.8 Å². The van der Waals surface area contributed by atoms with Crippen molar-refractivity contribution in [3.05, 3.63) is 48.6 Å². The normalized spacial score (nSPS) is 22.8. The molecule has 0 amide bonds. The predicted octanol–water partition coefficient (Wildman–Crippen LogP) is 7.89. The second-order valence-corrected chi connectivity index (χ2v) is 18.7. The molecule has 1 aliphatic carbocycles. The highest BCUT2D eigenvalue weighted by atomic mass is 31.2.